The Balaban J connectivity index is 0.000000186. The van der Waals surface area contributed by atoms with Gasteiger partial charge in [0.2, 0.25) is 0 Å². The van der Waals surface area contributed by atoms with Crippen LogP contribution in [-0.2, 0) is 22.7 Å². The van der Waals surface area contributed by atoms with Gasteiger partial charge < -0.3 is 24.9 Å². The Morgan fingerprint density at radius 1 is 0.548 bits per heavy atom. The molecule has 0 aliphatic carbocycles. The lowest BCUT2D eigenvalue weighted by atomic mass is 10.1. The molecule has 0 atom stereocenters. The number of Topliss-reactive ketones (excluding diaryl/α,β-unsaturated/α-hetero) is 2. The van der Waals surface area contributed by atoms with Crippen molar-refractivity contribution in [3.05, 3.63) is 180 Å². The van der Waals surface area contributed by atoms with Gasteiger partial charge in [0.25, 0.3) is 23.4 Å². The molecule has 0 saturated carbocycles. The number of amides is 2. The van der Waals surface area contributed by atoms with E-state index < -0.39 is 23.4 Å². The summed E-state index contributed by atoms with van der Waals surface area (Å²) in [5.41, 5.74) is 4.76. The van der Waals surface area contributed by atoms with Gasteiger partial charge in [0, 0.05) is 67.0 Å². The first-order valence-corrected chi connectivity index (χ1v) is 20.6. The third-order valence-corrected chi connectivity index (χ3v) is 11.5. The summed E-state index contributed by atoms with van der Waals surface area (Å²) in [5.74, 6) is -3.26. The van der Waals surface area contributed by atoms with Crippen LogP contribution in [0.5, 0.6) is 5.75 Å². The molecule has 8 rings (SSSR count). The lowest BCUT2D eigenvalue weighted by molar-refractivity contribution is -0.113. The summed E-state index contributed by atoms with van der Waals surface area (Å²) in [6.07, 6.45) is 6.04. The van der Waals surface area contributed by atoms with Crippen molar-refractivity contribution in [3.63, 3.8) is 0 Å². The van der Waals surface area contributed by atoms with Crippen molar-refractivity contribution >= 4 is 126 Å². The maximum absolute atomic E-state index is 13.1. The largest absolute Gasteiger partial charge is 0.508 e. The number of hydrogen-bond donors (Lipinski definition) is 3. The molecule has 0 bridgehead atoms. The van der Waals surface area contributed by atoms with Crippen LogP contribution < -0.4 is 10.6 Å². The summed E-state index contributed by atoms with van der Waals surface area (Å²) in [7, 11) is 0. The first kappa shape index (κ1) is 44.1. The molecule has 2 amide bonds. The minimum atomic E-state index is -0.861. The number of carbonyl (C=O) groups excluding carboxylic acids is 4. The second kappa shape index (κ2) is 19.0. The fraction of sp³-hybridized carbons (Fsp3) is 0.0667. The number of phenols is 1. The minimum Gasteiger partial charge on any atom is -0.508 e. The summed E-state index contributed by atoms with van der Waals surface area (Å²) in [5, 5.41) is 18.2. The Morgan fingerprint density at radius 2 is 0.968 bits per heavy atom. The molecule has 312 valence electrons. The second-order valence-electron chi connectivity index (χ2n) is 13.7. The third kappa shape index (κ3) is 9.59. The highest BCUT2D eigenvalue weighted by Gasteiger charge is 2.29. The fourth-order valence-electron chi connectivity index (χ4n) is 6.60. The van der Waals surface area contributed by atoms with Gasteiger partial charge in [-0.3, -0.25) is 29.1 Å². The van der Waals surface area contributed by atoms with E-state index in [9.17, 15) is 24.3 Å². The van der Waals surface area contributed by atoms with Crippen molar-refractivity contribution in [1.29, 1.82) is 0 Å². The van der Waals surface area contributed by atoms with Crippen molar-refractivity contribution in [2.45, 2.75) is 20.0 Å². The molecular weight excluding hydrogens is 917 g/mol. The van der Waals surface area contributed by atoms with Crippen molar-refractivity contribution < 1.29 is 24.3 Å². The quantitative estimate of drug-likeness (QED) is 0.0913. The molecule has 17 heteroatoms. The van der Waals surface area contributed by atoms with Gasteiger partial charge in [-0.2, -0.15) is 0 Å². The Morgan fingerprint density at radius 3 is 1.40 bits per heavy atom. The van der Waals surface area contributed by atoms with Crippen LogP contribution in [0.3, 0.4) is 0 Å². The molecule has 4 heterocycles. The van der Waals surface area contributed by atoms with E-state index in [0.717, 1.165) is 22.2 Å². The van der Waals surface area contributed by atoms with E-state index in [2.05, 4.69) is 20.6 Å². The summed E-state index contributed by atoms with van der Waals surface area (Å²) in [6.45, 7) is 2.45. The average Bonchev–Trinajstić information content (AvgIpc) is 3.67. The Bertz CT molecular complexity index is 2840. The van der Waals surface area contributed by atoms with Gasteiger partial charge >= 0.3 is 0 Å². The van der Waals surface area contributed by atoms with E-state index in [1.54, 1.807) is 75.9 Å². The number of rotatable bonds is 10. The number of benzene rings is 4. The number of halogens is 6. The zero-order valence-electron chi connectivity index (χ0n) is 32.1. The molecule has 3 N–H and O–H groups in total. The van der Waals surface area contributed by atoms with Gasteiger partial charge in [-0.15, -0.1) is 0 Å². The third-order valence-electron chi connectivity index (χ3n) is 9.57. The number of aryl methyl sites for hydroxylation is 1. The summed E-state index contributed by atoms with van der Waals surface area (Å²) >= 11 is 37.9. The second-order valence-corrected chi connectivity index (χ2v) is 16.1. The molecule has 62 heavy (non-hydrogen) atoms. The first-order valence-electron chi connectivity index (χ1n) is 18.4. The van der Waals surface area contributed by atoms with Crippen LogP contribution in [-0.4, -0.2) is 47.6 Å². The van der Waals surface area contributed by atoms with Gasteiger partial charge in [0.05, 0.1) is 35.2 Å². The Hall–Kier alpha value is -5.92. The maximum Gasteiger partial charge on any atom is 0.296 e. The van der Waals surface area contributed by atoms with Crippen LogP contribution in [0.2, 0.25) is 30.4 Å². The molecule has 4 aromatic carbocycles. The molecule has 8 aromatic rings. The molecule has 0 aliphatic heterocycles. The number of hydrogen-bond acceptors (Lipinski definition) is 7. The van der Waals surface area contributed by atoms with Crippen molar-refractivity contribution in [1.82, 2.24) is 19.1 Å². The van der Waals surface area contributed by atoms with E-state index in [1.807, 2.05) is 25.1 Å². The van der Waals surface area contributed by atoms with E-state index in [4.69, 9.17) is 69.6 Å². The highest BCUT2D eigenvalue weighted by atomic mass is 35.5. The molecule has 0 unspecified atom stereocenters. The summed E-state index contributed by atoms with van der Waals surface area (Å²) in [4.78, 5) is 59.2. The molecule has 4 aromatic heterocycles. The normalized spacial score (nSPS) is 11.0. The lowest BCUT2D eigenvalue weighted by Crippen LogP contribution is -2.23. The lowest BCUT2D eigenvalue weighted by Gasteiger charge is -2.10. The van der Waals surface area contributed by atoms with Crippen molar-refractivity contribution in [2.24, 2.45) is 0 Å². The number of pyridine rings is 2. The van der Waals surface area contributed by atoms with Gasteiger partial charge in [0.1, 0.15) is 16.1 Å². The van der Waals surface area contributed by atoms with E-state index in [0.29, 0.717) is 54.3 Å². The van der Waals surface area contributed by atoms with Crippen LogP contribution >= 0.6 is 69.6 Å². The molecule has 0 fully saturated rings. The van der Waals surface area contributed by atoms with E-state index in [-0.39, 0.29) is 33.7 Å². The van der Waals surface area contributed by atoms with E-state index >= 15 is 0 Å². The number of nitrogens with one attached hydrogen (secondary N) is 2. The topological polar surface area (TPSA) is 148 Å². The van der Waals surface area contributed by atoms with Gasteiger partial charge in [-0.1, -0.05) is 93.4 Å². The van der Waals surface area contributed by atoms with Crippen molar-refractivity contribution in [3.8, 4) is 5.75 Å². The Labute approximate surface area is 383 Å². The van der Waals surface area contributed by atoms with Gasteiger partial charge in [0.15, 0.2) is 0 Å². The molecule has 11 nitrogen and oxygen atoms in total. The average molecular weight is 947 g/mol. The molecular formula is C45H30Cl6N6O5. The van der Waals surface area contributed by atoms with Crippen LogP contribution in [0.1, 0.15) is 37.4 Å². The Kier molecular flexibility index (Phi) is 13.5. The van der Waals surface area contributed by atoms with Crippen LogP contribution in [0, 0.1) is 6.92 Å². The number of fused-ring (bicyclic) bond motifs is 2. The predicted octanol–water partition coefficient (Wildman–Crippen LogP) is 11.7. The number of nitrogens with zero attached hydrogens (tertiary/aromatic N) is 4. The SMILES string of the molecule is Cc1ccc2c(c1)c(C(=O)C(=O)Nc1ccncc1)c(Cl)n2Cc1ccc(Cl)cc1Cl.O=C(Nc1ccncc1)C(=O)c1c(Cl)n(Cc2ccc(Cl)cc2Cl)c2ccc(O)cc12. The predicted molar refractivity (Wildman–Crippen MR) is 246 cm³/mol. The molecule has 0 radical (unpaired) electrons. The molecule has 0 spiro atoms. The highest BCUT2D eigenvalue weighted by Crippen LogP contribution is 2.36. The zero-order chi connectivity index (χ0) is 44.2. The molecule has 0 aliphatic rings. The summed E-state index contributed by atoms with van der Waals surface area (Å²) in [6, 6.07) is 26.7. The summed E-state index contributed by atoms with van der Waals surface area (Å²) < 4.78 is 3.41. The first-order chi connectivity index (χ1) is 29.7. The molecule has 0 saturated heterocycles. The standard InChI is InChI=1S/C23H16Cl3N3O2.C22H14Cl3N3O3/c1-13-2-5-19-17(10-13)20(21(30)23(31)28-16-6-8-27-9-7-16)22(26)29(19)12-14-3-4-15(24)11-18(14)25;23-13-2-1-12(17(24)9-13)11-28-18-4-3-15(29)10-16(18)19(21(28)25)20(30)22(31)27-14-5-7-26-8-6-14/h2-11H,12H2,1H3,(H,27,28,31);1-10,29H,11H2,(H,26,27,31). The maximum atomic E-state index is 13.1. The fourth-order valence-corrected chi connectivity index (χ4v) is 8.22. The van der Waals surface area contributed by atoms with E-state index in [1.165, 1.54) is 36.9 Å². The highest BCUT2D eigenvalue weighted by molar-refractivity contribution is 6.52. The number of ketones is 2. The monoisotopic (exact) mass is 944 g/mol. The number of aromatic nitrogens is 4. The smallest absolute Gasteiger partial charge is 0.296 e. The number of phenolic OH excluding ortho intramolecular Hbond substituents is 1. The zero-order valence-corrected chi connectivity index (χ0v) is 36.6. The number of carbonyl (C=O) groups is 4. The van der Waals surface area contributed by atoms with Gasteiger partial charge in [-0.25, -0.2) is 0 Å². The van der Waals surface area contributed by atoms with Crippen LogP contribution in [0.4, 0.5) is 11.4 Å². The van der Waals surface area contributed by atoms with Crippen LogP contribution in [0.15, 0.2) is 122 Å². The minimum absolute atomic E-state index is 0.00999. The van der Waals surface area contributed by atoms with Gasteiger partial charge in [-0.05, 0) is 96.9 Å². The number of anilines is 2. The van der Waals surface area contributed by atoms with Crippen LogP contribution in [0.25, 0.3) is 21.8 Å². The van der Waals surface area contributed by atoms with Crippen molar-refractivity contribution in [2.75, 3.05) is 10.6 Å². The number of aromatic hydroxyl groups is 1.